The third kappa shape index (κ3) is 3.76. The van der Waals surface area contributed by atoms with E-state index in [0.29, 0.717) is 0 Å². The summed E-state index contributed by atoms with van der Waals surface area (Å²) in [7, 11) is 3.33. The van der Waals surface area contributed by atoms with Crippen LogP contribution in [0.15, 0.2) is 46.9 Å². The summed E-state index contributed by atoms with van der Waals surface area (Å²) in [6, 6.07) is 14.2. The van der Waals surface area contributed by atoms with E-state index in [9.17, 15) is 0 Å². The van der Waals surface area contributed by atoms with Crippen molar-refractivity contribution < 1.29 is 9.47 Å². The normalized spacial score (nSPS) is 12.0. The van der Waals surface area contributed by atoms with E-state index < -0.39 is 0 Å². The van der Waals surface area contributed by atoms with Gasteiger partial charge in [-0.2, -0.15) is 0 Å². The Bertz CT molecular complexity index is 584. The standard InChI is InChI=1S/C16H16Br2O2/c1-19-13-6-7-14(16(10-13)20-2)15(18)9-11-4-3-5-12(17)8-11/h3-8,10,15H,9H2,1-2H3. The van der Waals surface area contributed by atoms with E-state index in [1.165, 1.54) is 5.56 Å². The number of benzene rings is 2. The van der Waals surface area contributed by atoms with Crippen LogP contribution >= 0.6 is 31.9 Å². The second-order valence-corrected chi connectivity index (χ2v) is 6.43. The highest BCUT2D eigenvalue weighted by Gasteiger charge is 2.14. The second-order valence-electron chi connectivity index (χ2n) is 4.41. The largest absolute Gasteiger partial charge is 0.497 e. The van der Waals surface area contributed by atoms with Crippen molar-refractivity contribution in [3.8, 4) is 11.5 Å². The Morgan fingerprint density at radius 2 is 1.85 bits per heavy atom. The quantitative estimate of drug-likeness (QED) is 0.647. The molecule has 0 saturated carbocycles. The molecule has 2 nitrogen and oxygen atoms in total. The molecular formula is C16H16Br2O2. The Labute approximate surface area is 136 Å². The molecule has 0 bridgehead atoms. The minimum absolute atomic E-state index is 0.192. The van der Waals surface area contributed by atoms with Gasteiger partial charge in [0, 0.05) is 20.9 Å². The summed E-state index contributed by atoms with van der Waals surface area (Å²) in [6.45, 7) is 0. The number of methoxy groups -OCH3 is 2. The molecule has 0 radical (unpaired) electrons. The van der Waals surface area contributed by atoms with Gasteiger partial charge in [0.15, 0.2) is 0 Å². The van der Waals surface area contributed by atoms with Gasteiger partial charge in [-0.15, -0.1) is 0 Å². The Kier molecular flexibility index (Phi) is 5.49. The van der Waals surface area contributed by atoms with Crippen LogP contribution in [0.1, 0.15) is 16.0 Å². The Morgan fingerprint density at radius 3 is 2.50 bits per heavy atom. The van der Waals surface area contributed by atoms with Crippen molar-refractivity contribution in [3.63, 3.8) is 0 Å². The number of hydrogen-bond donors (Lipinski definition) is 0. The van der Waals surface area contributed by atoms with Crippen LogP contribution in [-0.2, 0) is 6.42 Å². The van der Waals surface area contributed by atoms with Crippen LogP contribution in [0.4, 0.5) is 0 Å². The van der Waals surface area contributed by atoms with E-state index in [2.05, 4.69) is 44.0 Å². The van der Waals surface area contributed by atoms with Gasteiger partial charge in [-0.3, -0.25) is 0 Å². The molecule has 4 heteroatoms. The zero-order valence-corrected chi connectivity index (χ0v) is 14.6. The van der Waals surface area contributed by atoms with Gasteiger partial charge in [-0.1, -0.05) is 50.1 Å². The topological polar surface area (TPSA) is 18.5 Å². The first-order valence-electron chi connectivity index (χ1n) is 6.24. The first-order chi connectivity index (χ1) is 9.63. The number of halogens is 2. The van der Waals surface area contributed by atoms with Crippen LogP contribution < -0.4 is 9.47 Å². The van der Waals surface area contributed by atoms with E-state index in [1.54, 1.807) is 14.2 Å². The fraction of sp³-hybridized carbons (Fsp3) is 0.250. The lowest BCUT2D eigenvalue weighted by Crippen LogP contribution is -1.99. The van der Waals surface area contributed by atoms with Crippen molar-refractivity contribution in [1.82, 2.24) is 0 Å². The molecule has 0 spiro atoms. The molecule has 0 fully saturated rings. The highest BCUT2D eigenvalue weighted by atomic mass is 79.9. The van der Waals surface area contributed by atoms with Crippen molar-refractivity contribution in [1.29, 1.82) is 0 Å². The van der Waals surface area contributed by atoms with E-state index in [-0.39, 0.29) is 4.83 Å². The van der Waals surface area contributed by atoms with Gasteiger partial charge in [0.25, 0.3) is 0 Å². The van der Waals surface area contributed by atoms with Gasteiger partial charge < -0.3 is 9.47 Å². The third-order valence-electron chi connectivity index (χ3n) is 3.08. The van der Waals surface area contributed by atoms with E-state index in [4.69, 9.17) is 9.47 Å². The molecule has 2 rings (SSSR count). The molecule has 2 aromatic carbocycles. The zero-order valence-electron chi connectivity index (χ0n) is 11.4. The maximum absolute atomic E-state index is 5.45. The Morgan fingerprint density at radius 1 is 1.05 bits per heavy atom. The maximum Gasteiger partial charge on any atom is 0.126 e. The zero-order chi connectivity index (χ0) is 14.5. The molecule has 1 unspecified atom stereocenters. The first kappa shape index (κ1) is 15.4. The average Bonchev–Trinajstić information content (AvgIpc) is 2.46. The van der Waals surface area contributed by atoms with Crippen LogP contribution in [0, 0.1) is 0 Å². The van der Waals surface area contributed by atoms with Crippen LogP contribution in [0.2, 0.25) is 0 Å². The molecule has 1 atom stereocenters. The van der Waals surface area contributed by atoms with Gasteiger partial charge in [0.2, 0.25) is 0 Å². The summed E-state index contributed by atoms with van der Waals surface area (Å²) in [5.41, 5.74) is 2.38. The maximum atomic E-state index is 5.45. The fourth-order valence-corrected chi connectivity index (χ4v) is 3.26. The minimum Gasteiger partial charge on any atom is -0.497 e. The SMILES string of the molecule is COc1ccc(C(Br)Cc2cccc(Br)c2)c(OC)c1. The summed E-state index contributed by atoms with van der Waals surface area (Å²) in [5.74, 6) is 1.63. The molecule has 0 N–H and O–H groups in total. The highest BCUT2D eigenvalue weighted by molar-refractivity contribution is 9.10. The molecule has 0 aliphatic carbocycles. The molecular weight excluding hydrogens is 384 g/mol. The number of rotatable bonds is 5. The lowest BCUT2D eigenvalue weighted by Gasteiger charge is -2.15. The van der Waals surface area contributed by atoms with Crippen molar-refractivity contribution >= 4 is 31.9 Å². The van der Waals surface area contributed by atoms with Gasteiger partial charge in [-0.05, 0) is 30.2 Å². The summed E-state index contributed by atoms with van der Waals surface area (Å²) < 4.78 is 11.8. The van der Waals surface area contributed by atoms with Gasteiger partial charge >= 0.3 is 0 Å². The van der Waals surface area contributed by atoms with Crippen molar-refractivity contribution in [2.45, 2.75) is 11.2 Å². The molecule has 0 aliphatic rings. The molecule has 0 saturated heterocycles. The number of ether oxygens (including phenoxy) is 2. The predicted molar refractivity (Wildman–Crippen MR) is 89.1 cm³/mol. The smallest absolute Gasteiger partial charge is 0.126 e. The van der Waals surface area contributed by atoms with Crippen molar-refractivity contribution in [2.24, 2.45) is 0 Å². The Hall–Kier alpha value is -1.00. The molecule has 0 heterocycles. The monoisotopic (exact) mass is 398 g/mol. The molecule has 0 amide bonds. The molecule has 0 aromatic heterocycles. The molecule has 0 aliphatic heterocycles. The second kappa shape index (κ2) is 7.14. The van der Waals surface area contributed by atoms with Crippen molar-refractivity contribution in [2.75, 3.05) is 14.2 Å². The van der Waals surface area contributed by atoms with Crippen LogP contribution in [-0.4, -0.2) is 14.2 Å². The third-order valence-corrected chi connectivity index (χ3v) is 4.39. The lowest BCUT2D eigenvalue weighted by atomic mass is 10.0. The fourth-order valence-electron chi connectivity index (χ4n) is 2.06. The molecule has 20 heavy (non-hydrogen) atoms. The van der Waals surface area contributed by atoms with Gasteiger partial charge in [0.1, 0.15) is 11.5 Å². The average molecular weight is 400 g/mol. The van der Waals surface area contributed by atoms with Crippen LogP contribution in [0.3, 0.4) is 0 Å². The number of alkyl halides is 1. The number of hydrogen-bond acceptors (Lipinski definition) is 2. The van der Waals surface area contributed by atoms with Gasteiger partial charge in [-0.25, -0.2) is 0 Å². The summed E-state index contributed by atoms with van der Waals surface area (Å²) in [6.07, 6.45) is 0.891. The first-order valence-corrected chi connectivity index (χ1v) is 7.95. The Balaban J connectivity index is 2.22. The summed E-state index contributed by atoms with van der Waals surface area (Å²) in [4.78, 5) is 0.192. The van der Waals surface area contributed by atoms with E-state index >= 15 is 0 Å². The van der Waals surface area contributed by atoms with Crippen molar-refractivity contribution in [3.05, 3.63) is 58.1 Å². The molecule has 106 valence electrons. The molecule has 2 aromatic rings. The lowest BCUT2D eigenvalue weighted by molar-refractivity contribution is 0.391. The predicted octanol–water partition coefficient (Wildman–Crippen LogP) is 5.15. The van der Waals surface area contributed by atoms with Crippen LogP contribution in [0.5, 0.6) is 11.5 Å². The highest BCUT2D eigenvalue weighted by Crippen LogP contribution is 2.36. The minimum atomic E-state index is 0.192. The van der Waals surface area contributed by atoms with E-state index in [1.807, 2.05) is 30.3 Å². The van der Waals surface area contributed by atoms with Crippen LogP contribution in [0.25, 0.3) is 0 Å². The summed E-state index contributed by atoms with van der Waals surface area (Å²) >= 11 is 7.25. The van der Waals surface area contributed by atoms with E-state index in [0.717, 1.165) is 28.0 Å². The summed E-state index contributed by atoms with van der Waals surface area (Å²) in [5, 5.41) is 0. The van der Waals surface area contributed by atoms with Gasteiger partial charge in [0.05, 0.1) is 14.2 Å².